The maximum atomic E-state index is 12.3. The number of aromatic amines is 1. The molecule has 0 spiro atoms. The van der Waals surface area contributed by atoms with Crippen LogP contribution in [0.15, 0.2) is 24.3 Å². The zero-order chi connectivity index (χ0) is 15.4. The molecule has 7 nitrogen and oxygen atoms in total. The summed E-state index contributed by atoms with van der Waals surface area (Å²) in [5, 5.41) is 18.8. The Morgan fingerprint density at radius 2 is 2.29 bits per heavy atom. The predicted molar refractivity (Wildman–Crippen MR) is 78.7 cm³/mol. The van der Waals surface area contributed by atoms with E-state index in [2.05, 4.69) is 15.5 Å². The zero-order valence-corrected chi connectivity index (χ0v) is 12.5. The molecule has 112 valence electrons. The third-order valence-electron chi connectivity index (χ3n) is 3.07. The molecule has 21 heavy (non-hydrogen) atoms. The van der Waals surface area contributed by atoms with E-state index in [0.29, 0.717) is 21.9 Å². The van der Waals surface area contributed by atoms with Gasteiger partial charge in [0.2, 0.25) is 0 Å². The molecule has 1 heterocycles. The van der Waals surface area contributed by atoms with E-state index in [1.807, 2.05) is 0 Å². The molecule has 1 aromatic heterocycles. The van der Waals surface area contributed by atoms with Gasteiger partial charge in [0, 0.05) is 7.05 Å². The molecule has 0 aliphatic carbocycles. The molecule has 0 aliphatic heterocycles. The fraction of sp³-hybridized carbons (Fsp3) is 0.308. The first-order valence-electron chi connectivity index (χ1n) is 6.24. The Kier molecular flexibility index (Phi) is 4.71. The third-order valence-corrected chi connectivity index (χ3v) is 3.43. The van der Waals surface area contributed by atoms with Crippen molar-refractivity contribution in [2.75, 3.05) is 13.7 Å². The number of carbonyl (C=O) groups is 1. The van der Waals surface area contributed by atoms with Gasteiger partial charge in [-0.25, -0.2) is 0 Å². The topological polar surface area (TPSA) is 92.2 Å². The fourth-order valence-corrected chi connectivity index (χ4v) is 2.07. The molecule has 8 heteroatoms. The summed E-state index contributed by atoms with van der Waals surface area (Å²) in [6.07, 6.45) is 0. The average molecular weight is 308 g/mol. The zero-order valence-electron chi connectivity index (χ0n) is 11.7. The molecule has 0 radical (unpaired) electrons. The summed E-state index contributed by atoms with van der Waals surface area (Å²) in [5.74, 6) is 0.549. The Hall–Kier alpha value is -2.19. The lowest BCUT2D eigenvalue weighted by Crippen LogP contribution is -2.32. The average Bonchev–Trinajstić information content (AvgIpc) is 2.84. The molecular formula is C13H16N4O3S. The number of nitrogens with zero attached hydrogens (tertiary/aromatic N) is 2. The van der Waals surface area contributed by atoms with Gasteiger partial charge < -0.3 is 19.7 Å². The van der Waals surface area contributed by atoms with Crippen molar-refractivity contribution in [1.82, 2.24) is 20.1 Å². The Morgan fingerprint density at radius 3 is 2.86 bits per heavy atom. The number of amides is 1. The molecule has 2 aromatic rings. The third kappa shape index (κ3) is 3.11. The number of methoxy groups -OCH3 is 1. The van der Waals surface area contributed by atoms with Crippen LogP contribution in [0.4, 0.5) is 0 Å². The summed E-state index contributed by atoms with van der Waals surface area (Å²) in [6, 6.07) is 6.18. The highest BCUT2D eigenvalue weighted by Crippen LogP contribution is 2.18. The van der Waals surface area contributed by atoms with Crippen molar-refractivity contribution in [2.24, 2.45) is 7.05 Å². The molecule has 0 bridgehead atoms. The molecular weight excluding hydrogens is 292 g/mol. The Balaban J connectivity index is 2.24. The molecule has 0 aliphatic rings. The molecule has 1 aromatic carbocycles. The van der Waals surface area contributed by atoms with E-state index in [9.17, 15) is 9.90 Å². The Bertz CT molecular complexity index is 695. The van der Waals surface area contributed by atoms with E-state index >= 15 is 0 Å². The second kappa shape index (κ2) is 6.51. The molecule has 1 amide bonds. The van der Waals surface area contributed by atoms with Gasteiger partial charge in [0.15, 0.2) is 10.6 Å². The highest BCUT2D eigenvalue weighted by Gasteiger charge is 2.21. The molecule has 0 saturated heterocycles. The summed E-state index contributed by atoms with van der Waals surface area (Å²) in [6.45, 7) is -0.297. The van der Waals surface area contributed by atoms with Crippen LogP contribution < -0.4 is 10.1 Å². The van der Waals surface area contributed by atoms with Crippen molar-refractivity contribution in [2.45, 2.75) is 6.04 Å². The van der Waals surface area contributed by atoms with Gasteiger partial charge in [0.25, 0.3) is 5.91 Å². The van der Waals surface area contributed by atoms with Gasteiger partial charge in [-0.2, -0.15) is 5.10 Å². The summed E-state index contributed by atoms with van der Waals surface area (Å²) in [4.78, 5) is 12.3. The number of aliphatic hydroxyl groups excluding tert-OH is 1. The quantitative estimate of drug-likeness (QED) is 0.715. The van der Waals surface area contributed by atoms with Gasteiger partial charge in [-0.05, 0) is 24.4 Å². The van der Waals surface area contributed by atoms with Crippen molar-refractivity contribution >= 4 is 18.1 Å². The number of aromatic nitrogens is 3. The van der Waals surface area contributed by atoms with E-state index < -0.39 is 6.04 Å². The summed E-state index contributed by atoms with van der Waals surface area (Å²) >= 11 is 5.02. The van der Waals surface area contributed by atoms with Crippen LogP contribution in [0.1, 0.15) is 22.2 Å². The lowest BCUT2D eigenvalue weighted by Gasteiger charge is -2.16. The van der Waals surface area contributed by atoms with E-state index in [0.717, 1.165) is 0 Å². The van der Waals surface area contributed by atoms with Crippen molar-refractivity contribution in [1.29, 1.82) is 0 Å². The van der Waals surface area contributed by atoms with Crippen LogP contribution in [-0.4, -0.2) is 39.5 Å². The van der Waals surface area contributed by atoms with Crippen molar-refractivity contribution < 1.29 is 14.6 Å². The maximum Gasteiger partial charge on any atom is 0.255 e. The van der Waals surface area contributed by atoms with Gasteiger partial charge in [-0.3, -0.25) is 9.89 Å². The minimum absolute atomic E-state index is 0.297. The number of hydrogen-bond donors (Lipinski definition) is 3. The van der Waals surface area contributed by atoms with Crippen LogP contribution in [0.3, 0.4) is 0 Å². The maximum absolute atomic E-state index is 12.3. The highest BCUT2D eigenvalue weighted by molar-refractivity contribution is 7.71. The van der Waals surface area contributed by atoms with Gasteiger partial charge in [-0.1, -0.05) is 12.1 Å². The predicted octanol–water partition coefficient (Wildman–Crippen LogP) is 0.950. The largest absolute Gasteiger partial charge is 0.496 e. The van der Waals surface area contributed by atoms with Crippen LogP contribution in [-0.2, 0) is 7.05 Å². The number of rotatable bonds is 5. The van der Waals surface area contributed by atoms with Crippen LogP contribution in [0, 0.1) is 4.77 Å². The SMILES string of the molecule is COc1ccccc1C(=O)N[C@@H](CO)c1n[nH]c(=S)n1C. The molecule has 0 fully saturated rings. The second-order valence-electron chi connectivity index (χ2n) is 4.35. The summed E-state index contributed by atoms with van der Waals surface area (Å²) < 4.78 is 7.16. The van der Waals surface area contributed by atoms with Crippen molar-refractivity contribution in [3.8, 4) is 5.75 Å². The molecule has 0 unspecified atom stereocenters. The molecule has 1 atom stereocenters. The number of para-hydroxylation sites is 1. The van der Waals surface area contributed by atoms with Crippen LogP contribution in [0.2, 0.25) is 0 Å². The van der Waals surface area contributed by atoms with Crippen LogP contribution >= 0.6 is 12.2 Å². The Labute approximate surface area is 126 Å². The van der Waals surface area contributed by atoms with Crippen LogP contribution in [0.5, 0.6) is 5.75 Å². The normalized spacial score (nSPS) is 12.0. The van der Waals surface area contributed by atoms with E-state index in [-0.39, 0.29) is 12.5 Å². The van der Waals surface area contributed by atoms with Crippen LogP contribution in [0.25, 0.3) is 0 Å². The Morgan fingerprint density at radius 1 is 1.57 bits per heavy atom. The summed E-state index contributed by atoms with van der Waals surface area (Å²) in [7, 11) is 3.20. The number of ether oxygens (including phenoxy) is 1. The summed E-state index contributed by atoms with van der Waals surface area (Å²) in [5.41, 5.74) is 0.384. The lowest BCUT2D eigenvalue weighted by atomic mass is 10.1. The lowest BCUT2D eigenvalue weighted by molar-refractivity contribution is 0.0909. The highest BCUT2D eigenvalue weighted by atomic mass is 32.1. The van der Waals surface area contributed by atoms with E-state index in [1.54, 1.807) is 35.9 Å². The second-order valence-corrected chi connectivity index (χ2v) is 4.74. The molecule has 0 saturated carbocycles. The first-order chi connectivity index (χ1) is 10.1. The monoisotopic (exact) mass is 308 g/mol. The van der Waals surface area contributed by atoms with Gasteiger partial charge in [0.05, 0.1) is 19.3 Å². The van der Waals surface area contributed by atoms with E-state index in [1.165, 1.54) is 7.11 Å². The number of benzene rings is 1. The first-order valence-corrected chi connectivity index (χ1v) is 6.65. The van der Waals surface area contributed by atoms with Gasteiger partial charge in [0.1, 0.15) is 11.8 Å². The molecule has 3 N–H and O–H groups in total. The first kappa shape index (κ1) is 15.2. The fourth-order valence-electron chi connectivity index (χ4n) is 1.93. The van der Waals surface area contributed by atoms with Gasteiger partial charge in [-0.15, -0.1) is 0 Å². The van der Waals surface area contributed by atoms with Crippen molar-refractivity contribution in [3.63, 3.8) is 0 Å². The van der Waals surface area contributed by atoms with Crippen molar-refractivity contribution in [3.05, 3.63) is 40.4 Å². The standard InChI is InChI=1S/C13H16N4O3S/c1-17-11(15-16-13(17)21)9(7-18)14-12(19)8-5-3-4-6-10(8)20-2/h3-6,9,18H,7H2,1-2H3,(H,14,19)(H,16,21)/t9-/m0/s1. The minimum atomic E-state index is -0.666. The smallest absolute Gasteiger partial charge is 0.255 e. The number of carbonyl (C=O) groups excluding carboxylic acids is 1. The number of hydrogen-bond acceptors (Lipinski definition) is 5. The van der Waals surface area contributed by atoms with E-state index in [4.69, 9.17) is 17.0 Å². The number of H-pyrrole nitrogens is 1. The number of aliphatic hydroxyl groups is 1. The number of nitrogens with one attached hydrogen (secondary N) is 2. The molecule has 2 rings (SSSR count). The minimum Gasteiger partial charge on any atom is -0.496 e. The van der Waals surface area contributed by atoms with Gasteiger partial charge >= 0.3 is 0 Å².